The van der Waals surface area contributed by atoms with Gasteiger partial charge in [-0.05, 0) is 83.0 Å². The summed E-state index contributed by atoms with van der Waals surface area (Å²) in [4.78, 5) is 26.2. The predicted molar refractivity (Wildman–Crippen MR) is 139 cm³/mol. The fourth-order valence-electron chi connectivity index (χ4n) is 4.51. The second kappa shape index (κ2) is 10.2. The van der Waals surface area contributed by atoms with Crippen LogP contribution in [0.15, 0.2) is 41.0 Å². The van der Waals surface area contributed by atoms with E-state index in [0.29, 0.717) is 23.6 Å². The normalized spacial score (nSPS) is 17.8. The molecule has 1 aliphatic rings. The molecule has 1 aliphatic heterocycles. The number of aromatic nitrogens is 4. The van der Waals surface area contributed by atoms with Crippen LogP contribution < -0.4 is 15.6 Å². The van der Waals surface area contributed by atoms with Crippen LogP contribution in [0.5, 0.6) is 5.75 Å². The van der Waals surface area contributed by atoms with Gasteiger partial charge in [0.2, 0.25) is 5.95 Å². The average Bonchev–Trinajstić information content (AvgIpc) is 2.81. The van der Waals surface area contributed by atoms with E-state index in [4.69, 9.17) is 16.3 Å². The van der Waals surface area contributed by atoms with Gasteiger partial charge in [-0.2, -0.15) is 4.39 Å². The molecule has 4 rings (SSSR count). The first-order valence-electron chi connectivity index (χ1n) is 12.0. The molecule has 3 aromatic heterocycles. The quantitative estimate of drug-likeness (QED) is 0.446. The fourth-order valence-corrected chi connectivity index (χ4v) is 4.71. The second-order valence-corrected chi connectivity index (χ2v) is 10.4. The number of hydrogen-bond acceptors (Lipinski definition) is 7. The Kier molecular flexibility index (Phi) is 7.39. The maximum Gasteiger partial charge on any atom is 0.273 e. The van der Waals surface area contributed by atoms with Crippen LogP contribution in [0.3, 0.4) is 0 Å². The Balaban J connectivity index is 1.64. The first kappa shape index (κ1) is 26.8. The molecule has 10 heteroatoms. The van der Waals surface area contributed by atoms with E-state index in [1.807, 2.05) is 27.0 Å². The van der Waals surface area contributed by atoms with Gasteiger partial charge in [-0.15, -0.1) is 0 Å². The van der Waals surface area contributed by atoms with E-state index in [1.54, 1.807) is 43.7 Å². The molecule has 0 saturated carbocycles. The number of allylic oxidation sites excluding steroid dienone is 1. The van der Waals surface area contributed by atoms with E-state index in [0.717, 1.165) is 22.4 Å². The highest BCUT2D eigenvalue weighted by molar-refractivity contribution is 6.31. The zero-order chi connectivity index (χ0) is 27.1. The molecule has 0 radical (unpaired) electrons. The van der Waals surface area contributed by atoms with E-state index in [-0.39, 0.29) is 35.0 Å². The number of aryl methyl sites for hydroxylation is 3. The van der Waals surface area contributed by atoms with Gasteiger partial charge in [-0.1, -0.05) is 11.6 Å². The molecule has 37 heavy (non-hydrogen) atoms. The lowest BCUT2D eigenvalue weighted by atomic mass is 9.93. The lowest BCUT2D eigenvalue weighted by Gasteiger charge is -2.33. The monoisotopic (exact) mass is 527 g/mol. The number of halogens is 2. The van der Waals surface area contributed by atoms with E-state index >= 15 is 0 Å². The van der Waals surface area contributed by atoms with Crippen molar-refractivity contribution >= 4 is 11.6 Å². The molecule has 3 aromatic rings. The SMILES string of the molecule is CC1=CN[C@@H](c2nc(C(C)(C)O)ncc2C)C[C@H]1n1c(C)cc(OCc2cc(C)cc(F)n2)c(Cl)c1=O. The van der Waals surface area contributed by atoms with Crippen LogP contribution in [0.25, 0.3) is 0 Å². The molecule has 4 heterocycles. The third kappa shape index (κ3) is 5.67. The van der Waals surface area contributed by atoms with Gasteiger partial charge in [-0.3, -0.25) is 4.79 Å². The fraction of sp³-hybridized carbons (Fsp3) is 0.407. The number of nitrogens with one attached hydrogen (secondary N) is 1. The molecular weight excluding hydrogens is 497 g/mol. The molecule has 0 spiro atoms. The van der Waals surface area contributed by atoms with Gasteiger partial charge < -0.3 is 19.7 Å². The Bertz CT molecular complexity index is 1410. The molecular formula is C27H31ClFN5O3. The Morgan fingerprint density at radius 1 is 1.22 bits per heavy atom. The summed E-state index contributed by atoms with van der Waals surface area (Å²) in [6.45, 7) is 10.7. The maximum absolute atomic E-state index is 13.6. The molecule has 0 unspecified atom stereocenters. The summed E-state index contributed by atoms with van der Waals surface area (Å²) in [5.41, 5.74) is 2.83. The highest BCUT2D eigenvalue weighted by Crippen LogP contribution is 2.35. The number of rotatable bonds is 6. The number of hydrogen-bond donors (Lipinski definition) is 2. The summed E-state index contributed by atoms with van der Waals surface area (Å²) < 4.78 is 21.1. The van der Waals surface area contributed by atoms with Gasteiger partial charge in [-0.25, -0.2) is 15.0 Å². The molecule has 0 fully saturated rings. The van der Waals surface area contributed by atoms with Gasteiger partial charge in [0.25, 0.3) is 5.56 Å². The van der Waals surface area contributed by atoms with Crippen molar-refractivity contribution in [3.05, 3.63) is 91.5 Å². The van der Waals surface area contributed by atoms with Crippen LogP contribution in [-0.2, 0) is 12.2 Å². The smallest absolute Gasteiger partial charge is 0.273 e. The minimum atomic E-state index is -1.18. The van der Waals surface area contributed by atoms with E-state index in [1.165, 1.54) is 6.07 Å². The van der Waals surface area contributed by atoms with Crippen LogP contribution in [0.1, 0.15) is 73.3 Å². The van der Waals surface area contributed by atoms with Crippen molar-refractivity contribution in [2.45, 2.75) is 72.3 Å². The van der Waals surface area contributed by atoms with E-state index in [9.17, 15) is 14.3 Å². The number of ether oxygens (including phenoxy) is 1. The minimum absolute atomic E-state index is 0.0217. The maximum atomic E-state index is 13.6. The summed E-state index contributed by atoms with van der Waals surface area (Å²) in [5, 5.41) is 13.7. The van der Waals surface area contributed by atoms with Gasteiger partial charge in [0, 0.05) is 18.0 Å². The molecule has 0 saturated heterocycles. The highest BCUT2D eigenvalue weighted by Gasteiger charge is 2.30. The number of nitrogens with zero attached hydrogens (tertiary/aromatic N) is 4. The standard InChI is InChI=1S/C27H31ClFN5O3/c1-14-7-18(32-22(29)8-14)13-37-21-9-17(4)34(25(35)23(21)28)20-10-19(30-11-15(20)2)24-16(3)12-31-26(33-24)27(5,6)36/h7-9,11-12,19-20,30,36H,10,13H2,1-6H3/t19-,20-/m1/s1. The first-order chi connectivity index (χ1) is 17.3. The van der Waals surface area contributed by atoms with Crippen molar-refractivity contribution in [1.29, 1.82) is 0 Å². The second-order valence-electron chi connectivity index (χ2n) is 10.1. The Morgan fingerprint density at radius 3 is 2.62 bits per heavy atom. The van der Waals surface area contributed by atoms with E-state index < -0.39 is 11.5 Å². The number of pyridine rings is 2. The molecule has 0 aliphatic carbocycles. The van der Waals surface area contributed by atoms with Crippen LogP contribution >= 0.6 is 11.6 Å². The van der Waals surface area contributed by atoms with Crippen LogP contribution in [0.2, 0.25) is 5.02 Å². The van der Waals surface area contributed by atoms with Crippen LogP contribution in [0, 0.1) is 26.7 Å². The zero-order valence-corrected chi connectivity index (χ0v) is 22.5. The molecule has 0 bridgehead atoms. The highest BCUT2D eigenvalue weighted by atomic mass is 35.5. The van der Waals surface area contributed by atoms with Gasteiger partial charge in [0.05, 0.1) is 23.5 Å². The molecule has 2 N–H and O–H groups in total. The third-order valence-corrected chi connectivity index (χ3v) is 6.75. The summed E-state index contributed by atoms with van der Waals surface area (Å²) in [5.74, 6) is -0.0380. The largest absolute Gasteiger partial charge is 0.485 e. The molecule has 8 nitrogen and oxygen atoms in total. The minimum Gasteiger partial charge on any atom is -0.485 e. The summed E-state index contributed by atoms with van der Waals surface area (Å²) in [6.07, 6.45) is 4.12. The molecule has 2 atom stereocenters. The van der Waals surface area contributed by atoms with Crippen molar-refractivity contribution in [3.63, 3.8) is 0 Å². The van der Waals surface area contributed by atoms with Crippen molar-refractivity contribution in [3.8, 4) is 5.75 Å². The summed E-state index contributed by atoms with van der Waals surface area (Å²) in [7, 11) is 0. The lowest BCUT2D eigenvalue weighted by molar-refractivity contribution is 0.0682. The van der Waals surface area contributed by atoms with Gasteiger partial charge in [0.1, 0.15) is 23.0 Å². The summed E-state index contributed by atoms with van der Waals surface area (Å²) in [6, 6.07) is 4.27. The topological polar surface area (TPSA) is 102 Å². The molecule has 0 amide bonds. The Morgan fingerprint density at radius 2 is 1.95 bits per heavy atom. The van der Waals surface area contributed by atoms with Crippen molar-refractivity contribution in [2.24, 2.45) is 0 Å². The first-order valence-corrected chi connectivity index (χ1v) is 12.4. The van der Waals surface area contributed by atoms with Crippen LogP contribution in [0.4, 0.5) is 4.39 Å². The lowest BCUT2D eigenvalue weighted by Crippen LogP contribution is -2.35. The Labute approximate surface area is 220 Å². The van der Waals surface area contributed by atoms with Crippen molar-refractivity contribution in [2.75, 3.05) is 0 Å². The van der Waals surface area contributed by atoms with Gasteiger partial charge >= 0.3 is 0 Å². The Hall–Kier alpha value is -3.30. The van der Waals surface area contributed by atoms with Crippen molar-refractivity contribution < 1.29 is 14.2 Å². The van der Waals surface area contributed by atoms with Gasteiger partial charge in [0.15, 0.2) is 5.82 Å². The molecule has 0 aromatic carbocycles. The summed E-state index contributed by atoms with van der Waals surface area (Å²) >= 11 is 6.48. The third-order valence-electron chi connectivity index (χ3n) is 6.41. The van der Waals surface area contributed by atoms with Crippen LogP contribution in [-0.4, -0.2) is 24.6 Å². The predicted octanol–water partition coefficient (Wildman–Crippen LogP) is 4.74. The van der Waals surface area contributed by atoms with E-state index in [2.05, 4.69) is 20.3 Å². The zero-order valence-electron chi connectivity index (χ0n) is 21.8. The van der Waals surface area contributed by atoms with Crippen molar-refractivity contribution in [1.82, 2.24) is 24.8 Å². The molecule has 196 valence electrons. The number of aliphatic hydroxyl groups is 1. The average molecular weight is 528 g/mol.